The van der Waals surface area contributed by atoms with Crippen molar-refractivity contribution < 1.29 is 9.18 Å². The zero-order chi connectivity index (χ0) is 14.5. The Morgan fingerprint density at radius 1 is 1.45 bits per heavy atom. The van der Waals surface area contributed by atoms with Gasteiger partial charge in [0.25, 0.3) is 5.91 Å². The summed E-state index contributed by atoms with van der Waals surface area (Å²) in [6.45, 7) is 2.84. The first kappa shape index (κ1) is 15.0. The van der Waals surface area contributed by atoms with Crippen molar-refractivity contribution in [2.24, 2.45) is 0 Å². The van der Waals surface area contributed by atoms with Crippen LogP contribution in [-0.2, 0) is 6.54 Å². The highest BCUT2D eigenvalue weighted by molar-refractivity contribution is 9.10. The summed E-state index contributed by atoms with van der Waals surface area (Å²) < 4.78 is 14.7. The molecule has 0 unspecified atom stereocenters. The van der Waals surface area contributed by atoms with Crippen molar-refractivity contribution >= 4 is 38.9 Å². The van der Waals surface area contributed by atoms with Gasteiger partial charge in [-0.1, -0.05) is 6.07 Å². The smallest absolute Gasteiger partial charge is 0.253 e. The molecule has 1 amide bonds. The van der Waals surface area contributed by atoms with E-state index in [-0.39, 0.29) is 11.6 Å². The molecule has 0 fully saturated rings. The minimum absolute atomic E-state index is 0.250. The fourth-order valence-corrected chi connectivity index (χ4v) is 3.17. The standard InChI is InChI=1S/C14H14BrFN2OS/c1-2-17-13-11(4-3-5-12(13)16)14(19)18-7-10-6-9(15)8-20-10/h3-6,8,17H,2,7H2,1H3,(H,18,19). The van der Waals surface area contributed by atoms with Crippen LogP contribution >= 0.6 is 27.3 Å². The van der Waals surface area contributed by atoms with E-state index in [1.165, 1.54) is 12.1 Å². The molecule has 20 heavy (non-hydrogen) atoms. The molecular formula is C14H14BrFN2OS. The van der Waals surface area contributed by atoms with Gasteiger partial charge in [-0.3, -0.25) is 4.79 Å². The van der Waals surface area contributed by atoms with Gasteiger partial charge < -0.3 is 10.6 Å². The Bertz CT molecular complexity index is 615. The van der Waals surface area contributed by atoms with Gasteiger partial charge in [0.1, 0.15) is 5.82 Å². The van der Waals surface area contributed by atoms with Gasteiger partial charge in [0.05, 0.1) is 17.8 Å². The third-order valence-corrected chi connectivity index (χ3v) is 4.35. The highest BCUT2D eigenvalue weighted by atomic mass is 79.9. The van der Waals surface area contributed by atoms with Crippen LogP contribution in [0.2, 0.25) is 0 Å². The monoisotopic (exact) mass is 356 g/mol. The molecule has 0 atom stereocenters. The molecule has 0 radical (unpaired) electrons. The van der Waals surface area contributed by atoms with Crippen molar-refractivity contribution in [3.05, 3.63) is 50.4 Å². The van der Waals surface area contributed by atoms with E-state index in [4.69, 9.17) is 0 Å². The van der Waals surface area contributed by atoms with Crippen LogP contribution in [0, 0.1) is 5.82 Å². The van der Waals surface area contributed by atoms with Crippen LogP contribution in [-0.4, -0.2) is 12.5 Å². The van der Waals surface area contributed by atoms with E-state index in [0.717, 1.165) is 9.35 Å². The first-order valence-corrected chi connectivity index (χ1v) is 7.82. The first-order valence-electron chi connectivity index (χ1n) is 6.15. The van der Waals surface area contributed by atoms with E-state index < -0.39 is 5.82 Å². The third-order valence-electron chi connectivity index (χ3n) is 2.66. The van der Waals surface area contributed by atoms with E-state index >= 15 is 0 Å². The fraction of sp³-hybridized carbons (Fsp3) is 0.214. The molecule has 2 rings (SSSR count). The summed E-state index contributed by atoms with van der Waals surface area (Å²) in [4.78, 5) is 13.2. The summed E-state index contributed by atoms with van der Waals surface area (Å²) in [7, 11) is 0. The second-order valence-electron chi connectivity index (χ2n) is 4.11. The topological polar surface area (TPSA) is 41.1 Å². The van der Waals surface area contributed by atoms with Gasteiger partial charge in [-0.15, -0.1) is 11.3 Å². The summed E-state index contributed by atoms with van der Waals surface area (Å²) in [6.07, 6.45) is 0. The van der Waals surface area contributed by atoms with Crippen molar-refractivity contribution in [1.29, 1.82) is 0 Å². The summed E-state index contributed by atoms with van der Waals surface area (Å²) in [5, 5.41) is 7.64. The SMILES string of the molecule is CCNc1c(F)cccc1C(=O)NCc1cc(Br)cs1. The van der Waals surface area contributed by atoms with Crippen LogP contribution in [0.25, 0.3) is 0 Å². The maximum atomic E-state index is 13.7. The Labute approximate surface area is 129 Å². The number of para-hydroxylation sites is 1. The molecule has 106 valence electrons. The van der Waals surface area contributed by atoms with E-state index in [1.54, 1.807) is 17.4 Å². The summed E-state index contributed by atoms with van der Waals surface area (Å²) in [6, 6.07) is 6.43. The van der Waals surface area contributed by atoms with Gasteiger partial charge in [-0.05, 0) is 41.1 Å². The van der Waals surface area contributed by atoms with Crippen molar-refractivity contribution in [3.63, 3.8) is 0 Å². The zero-order valence-corrected chi connectivity index (χ0v) is 13.3. The molecule has 0 aliphatic carbocycles. The number of amides is 1. The number of nitrogens with one attached hydrogen (secondary N) is 2. The summed E-state index contributed by atoms with van der Waals surface area (Å²) >= 11 is 4.92. The van der Waals surface area contributed by atoms with Crippen LogP contribution in [0.3, 0.4) is 0 Å². The molecule has 0 bridgehead atoms. The number of rotatable bonds is 5. The predicted octanol–water partition coefficient (Wildman–Crippen LogP) is 4.01. The maximum Gasteiger partial charge on any atom is 0.253 e. The van der Waals surface area contributed by atoms with Crippen LogP contribution in [0.4, 0.5) is 10.1 Å². The highest BCUT2D eigenvalue weighted by Gasteiger charge is 2.14. The van der Waals surface area contributed by atoms with Crippen LogP contribution in [0.15, 0.2) is 34.1 Å². The number of anilines is 1. The quantitative estimate of drug-likeness (QED) is 0.849. The molecule has 1 aromatic carbocycles. The van der Waals surface area contributed by atoms with Crippen molar-refractivity contribution in [1.82, 2.24) is 5.32 Å². The molecule has 1 heterocycles. The van der Waals surface area contributed by atoms with Crippen LogP contribution < -0.4 is 10.6 Å². The van der Waals surface area contributed by atoms with E-state index in [0.29, 0.717) is 18.7 Å². The van der Waals surface area contributed by atoms with Crippen molar-refractivity contribution in [2.45, 2.75) is 13.5 Å². The molecule has 6 heteroatoms. The summed E-state index contributed by atoms with van der Waals surface area (Å²) in [5.41, 5.74) is 0.572. The lowest BCUT2D eigenvalue weighted by Crippen LogP contribution is -2.24. The second-order valence-corrected chi connectivity index (χ2v) is 6.02. The Morgan fingerprint density at radius 2 is 2.25 bits per heavy atom. The third kappa shape index (κ3) is 3.58. The zero-order valence-electron chi connectivity index (χ0n) is 10.9. The van der Waals surface area contributed by atoms with Crippen molar-refractivity contribution in [3.8, 4) is 0 Å². The first-order chi connectivity index (χ1) is 9.61. The normalized spacial score (nSPS) is 10.3. The van der Waals surface area contributed by atoms with Gasteiger partial charge in [-0.2, -0.15) is 0 Å². The van der Waals surface area contributed by atoms with Gasteiger partial charge in [0.2, 0.25) is 0 Å². The number of benzene rings is 1. The minimum Gasteiger partial charge on any atom is -0.382 e. The van der Waals surface area contributed by atoms with Gasteiger partial charge in [0.15, 0.2) is 0 Å². The van der Waals surface area contributed by atoms with Crippen LogP contribution in [0.5, 0.6) is 0 Å². The van der Waals surface area contributed by atoms with Gasteiger partial charge >= 0.3 is 0 Å². The molecule has 3 nitrogen and oxygen atoms in total. The molecule has 1 aromatic heterocycles. The number of hydrogen-bond donors (Lipinski definition) is 2. The molecular weight excluding hydrogens is 343 g/mol. The van der Waals surface area contributed by atoms with Crippen LogP contribution in [0.1, 0.15) is 22.2 Å². The lowest BCUT2D eigenvalue weighted by Gasteiger charge is -2.11. The number of hydrogen-bond acceptors (Lipinski definition) is 3. The highest BCUT2D eigenvalue weighted by Crippen LogP contribution is 2.21. The van der Waals surface area contributed by atoms with E-state index in [1.807, 2.05) is 18.4 Å². The molecule has 0 aliphatic rings. The number of halogens is 2. The van der Waals surface area contributed by atoms with E-state index in [2.05, 4.69) is 26.6 Å². The molecule has 0 saturated carbocycles. The average Bonchev–Trinajstić information content (AvgIpc) is 2.84. The molecule has 0 aliphatic heterocycles. The Balaban J connectivity index is 2.10. The average molecular weight is 357 g/mol. The molecule has 2 aromatic rings. The molecule has 0 spiro atoms. The Kier molecular flexibility index (Phi) is 5.14. The summed E-state index contributed by atoms with van der Waals surface area (Å²) in [5.74, 6) is -0.705. The van der Waals surface area contributed by atoms with Gasteiger partial charge in [-0.25, -0.2) is 4.39 Å². The predicted molar refractivity (Wildman–Crippen MR) is 83.8 cm³/mol. The second kappa shape index (κ2) is 6.85. The molecule has 2 N–H and O–H groups in total. The van der Waals surface area contributed by atoms with Crippen molar-refractivity contribution in [2.75, 3.05) is 11.9 Å². The fourth-order valence-electron chi connectivity index (χ4n) is 1.78. The number of carbonyl (C=O) groups excluding carboxylic acids is 1. The largest absolute Gasteiger partial charge is 0.382 e. The minimum atomic E-state index is -0.418. The van der Waals surface area contributed by atoms with Gasteiger partial charge in [0, 0.05) is 21.3 Å². The Morgan fingerprint density at radius 3 is 2.90 bits per heavy atom. The maximum absolute atomic E-state index is 13.7. The lowest BCUT2D eigenvalue weighted by molar-refractivity contribution is 0.0951. The van der Waals surface area contributed by atoms with E-state index in [9.17, 15) is 9.18 Å². The Hall–Kier alpha value is -1.40. The lowest BCUT2D eigenvalue weighted by atomic mass is 10.1. The molecule has 0 saturated heterocycles. The number of thiophene rings is 1. The number of carbonyl (C=O) groups is 1.